The Hall–Kier alpha value is -3.12. The van der Waals surface area contributed by atoms with E-state index in [0.29, 0.717) is 12.4 Å². The van der Waals surface area contributed by atoms with Gasteiger partial charge in [0.05, 0.1) is 12.2 Å². The second kappa shape index (κ2) is 10.0. The Morgan fingerprint density at radius 2 is 1.88 bits per heavy atom. The van der Waals surface area contributed by atoms with Crippen LogP contribution in [0.25, 0.3) is 11.1 Å². The second-order valence-corrected chi connectivity index (χ2v) is 8.84. The maximum atomic E-state index is 11.1. The number of hydrogen-bond acceptors (Lipinski definition) is 5. The summed E-state index contributed by atoms with van der Waals surface area (Å²) in [6.07, 6.45) is -0.898. The number of carbonyl (C=O) groups is 1. The fourth-order valence-corrected chi connectivity index (χ4v) is 4.81. The molecule has 0 amide bonds. The number of ether oxygens (including phenoxy) is 2. The molecule has 1 heterocycles. The highest BCUT2D eigenvalue weighted by Gasteiger charge is 2.17. The maximum Gasteiger partial charge on any atom is 0.344 e. The molecular weight excluding hydrogens is 422 g/mol. The lowest BCUT2D eigenvalue weighted by Gasteiger charge is -2.30. The van der Waals surface area contributed by atoms with Gasteiger partial charge >= 0.3 is 5.97 Å². The summed E-state index contributed by atoms with van der Waals surface area (Å²) in [7, 11) is 0. The van der Waals surface area contributed by atoms with Crippen molar-refractivity contribution in [2.75, 3.05) is 30.3 Å². The van der Waals surface area contributed by atoms with Crippen molar-refractivity contribution in [2.45, 2.75) is 24.8 Å². The van der Waals surface area contributed by atoms with Gasteiger partial charge in [0.15, 0.2) is 6.10 Å². The van der Waals surface area contributed by atoms with Crippen molar-refractivity contribution in [1.29, 1.82) is 0 Å². The highest BCUT2D eigenvalue weighted by atomic mass is 32.2. The van der Waals surface area contributed by atoms with Crippen molar-refractivity contribution in [2.24, 2.45) is 0 Å². The molecule has 5 nitrogen and oxygen atoms in total. The Bertz CT molecular complexity index is 1080. The molecule has 166 valence electrons. The summed E-state index contributed by atoms with van der Waals surface area (Å²) in [6.45, 7) is 5.97. The van der Waals surface area contributed by atoms with Gasteiger partial charge in [0, 0.05) is 17.2 Å². The molecule has 0 bridgehead atoms. The summed E-state index contributed by atoms with van der Waals surface area (Å²) in [6, 6.07) is 22.2. The average molecular weight is 450 g/mol. The van der Waals surface area contributed by atoms with E-state index in [1.54, 1.807) is 6.07 Å². The molecule has 0 radical (unpaired) electrons. The van der Waals surface area contributed by atoms with Gasteiger partial charge in [-0.05, 0) is 60.9 Å². The summed E-state index contributed by atoms with van der Waals surface area (Å²) >= 11 is 1.91. The molecule has 0 saturated carbocycles. The molecule has 0 aromatic heterocycles. The number of aliphatic carboxylic acids is 1. The molecular formula is C26H27NO4S. The van der Waals surface area contributed by atoms with Crippen LogP contribution in [0.1, 0.15) is 12.5 Å². The van der Waals surface area contributed by atoms with E-state index in [1.807, 2.05) is 55.1 Å². The first-order valence-electron chi connectivity index (χ1n) is 10.7. The van der Waals surface area contributed by atoms with Crippen LogP contribution in [0, 0.1) is 6.92 Å². The largest absolute Gasteiger partial charge is 0.492 e. The smallest absolute Gasteiger partial charge is 0.344 e. The number of hydrogen-bond donors (Lipinski definition) is 1. The van der Waals surface area contributed by atoms with Crippen molar-refractivity contribution in [3.63, 3.8) is 0 Å². The molecule has 0 aliphatic carbocycles. The van der Waals surface area contributed by atoms with E-state index in [-0.39, 0.29) is 0 Å². The van der Waals surface area contributed by atoms with E-state index < -0.39 is 12.1 Å². The molecule has 0 saturated heterocycles. The lowest BCUT2D eigenvalue weighted by molar-refractivity contribution is -0.144. The number of para-hydroxylation sites is 1. The topological polar surface area (TPSA) is 59.0 Å². The quantitative estimate of drug-likeness (QED) is 0.490. The standard InChI is InChI=1S/C26H27NO4S/c1-18-22(6-5-8-24(18)31-19(2)26(28)29)20-10-12-21(13-11-20)30-16-14-27-15-17-32-25-9-4-3-7-23(25)27/h3-13,19H,14-17H2,1-2H3,(H,28,29). The number of fused-ring (bicyclic) bond motifs is 1. The molecule has 3 aromatic rings. The third-order valence-electron chi connectivity index (χ3n) is 5.56. The lowest BCUT2D eigenvalue weighted by Crippen LogP contribution is -2.33. The predicted octanol–water partition coefficient (Wildman–Crippen LogP) is 5.51. The Balaban J connectivity index is 1.38. The van der Waals surface area contributed by atoms with Crippen molar-refractivity contribution in [1.82, 2.24) is 0 Å². The first-order chi connectivity index (χ1) is 15.5. The highest BCUT2D eigenvalue weighted by Crippen LogP contribution is 2.34. The summed E-state index contributed by atoms with van der Waals surface area (Å²) in [5, 5.41) is 9.11. The molecule has 1 N–H and O–H groups in total. The van der Waals surface area contributed by atoms with E-state index in [9.17, 15) is 4.79 Å². The Labute approximate surface area is 193 Å². The summed E-state index contributed by atoms with van der Waals surface area (Å²) < 4.78 is 11.6. The van der Waals surface area contributed by atoms with Gasteiger partial charge in [0.25, 0.3) is 0 Å². The number of anilines is 1. The van der Waals surface area contributed by atoms with Crippen LogP contribution in [0.4, 0.5) is 5.69 Å². The summed E-state index contributed by atoms with van der Waals surface area (Å²) in [5.74, 6) is 1.53. The Morgan fingerprint density at radius 3 is 2.66 bits per heavy atom. The van der Waals surface area contributed by atoms with E-state index in [2.05, 4.69) is 29.2 Å². The first kappa shape index (κ1) is 22.1. The fraction of sp³-hybridized carbons (Fsp3) is 0.269. The third kappa shape index (κ3) is 5.02. The molecule has 3 aromatic carbocycles. The molecule has 32 heavy (non-hydrogen) atoms. The number of carboxylic acid groups (broad SMARTS) is 1. The van der Waals surface area contributed by atoms with Gasteiger partial charge in [0.2, 0.25) is 0 Å². The Kier molecular flexibility index (Phi) is 6.90. The van der Waals surface area contributed by atoms with Gasteiger partial charge in [-0.3, -0.25) is 0 Å². The van der Waals surface area contributed by atoms with Crippen LogP contribution in [0.5, 0.6) is 11.5 Å². The van der Waals surface area contributed by atoms with E-state index in [0.717, 1.165) is 41.3 Å². The molecule has 0 spiro atoms. The van der Waals surface area contributed by atoms with Gasteiger partial charge in [-0.25, -0.2) is 4.79 Å². The van der Waals surface area contributed by atoms with Crippen LogP contribution < -0.4 is 14.4 Å². The SMILES string of the molecule is Cc1c(OC(C)C(=O)O)cccc1-c1ccc(OCCN2CCSc3ccccc32)cc1. The minimum absolute atomic E-state index is 0.581. The average Bonchev–Trinajstić information content (AvgIpc) is 2.81. The van der Waals surface area contributed by atoms with Crippen molar-refractivity contribution in [3.8, 4) is 22.6 Å². The van der Waals surface area contributed by atoms with Crippen LogP contribution in [-0.4, -0.2) is 42.6 Å². The monoisotopic (exact) mass is 449 g/mol. The zero-order valence-electron chi connectivity index (χ0n) is 18.3. The van der Waals surface area contributed by atoms with Gasteiger partial charge in [-0.2, -0.15) is 0 Å². The van der Waals surface area contributed by atoms with Crippen LogP contribution >= 0.6 is 11.8 Å². The van der Waals surface area contributed by atoms with Crippen LogP contribution in [0.3, 0.4) is 0 Å². The summed E-state index contributed by atoms with van der Waals surface area (Å²) in [4.78, 5) is 14.8. The molecule has 1 unspecified atom stereocenters. The van der Waals surface area contributed by atoms with Crippen molar-refractivity contribution >= 4 is 23.4 Å². The zero-order chi connectivity index (χ0) is 22.5. The van der Waals surface area contributed by atoms with Crippen molar-refractivity contribution in [3.05, 3.63) is 72.3 Å². The molecule has 1 aliphatic rings. The highest BCUT2D eigenvalue weighted by molar-refractivity contribution is 7.99. The molecule has 4 rings (SSSR count). The third-order valence-corrected chi connectivity index (χ3v) is 6.60. The minimum atomic E-state index is -0.983. The number of benzene rings is 3. The lowest BCUT2D eigenvalue weighted by atomic mass is 10.00. The van der Waals surface area contributed by atoms with Gasteiger partial charge in [0.1, 0.15) is 18.1 Å². The maximum absolute atomic E-state index is 11.1. The minimum Gasteiger partial charge on any atom is -0.492 e. The number of nitrogens with zero attached hydrogens (tertiary/aromatic N) is 1. The number of carboxylic acids is 1. The number of thioether (sulfide) groups is 1. The van der Waals surface area contributed by atoms with Gasteiger partial charge in [-0.1, -0.05) is 36.4 Å². The second-order valence-electron chi connectivity index (χ2n) is 7.70. The van der Waals surface area contributed by atoms with Gasteiger partial charge < -0.3 is 19.5 Å². The zero-order valence-corrected chi connectivity index (χ0v) is 19.1. The predicted molar refractivity (Wildman–Crippen MR) is 129 cm³/mol. The van der Waals surface area contributed by atoms with E-state index >= 15 is 0 Å². The molecule has 6 heteroatoms. The normalized spacial score (nSPS) is 13.9. The van der Waals surface area contributed by atoms with Crippen LogP contribution in [0.2, 0.25) is 0 Å². The Morgan fingerprint density at radius 1 is 1.09 bits per heavy atom. The molecule has 1 aliphatic heterocycles. The van der Waals surface area contributed by atoms with E-state index in [4.69, 9.17) is 14.6 Å². The molecule has 0 fully saturated rings. The summed E-state index contributed by atoms with van der Waals surface area (Å²) in [5.41, 5.74) is 4.24. The fourth-order valence-electron chi connectivity index (χ4n) is 3.76. The van der Waals surface area contributed by atoms with Gasteiger partial charge in [-0.15, -0.1) is 11.8 Å². The van der Waals surface area contributed by atoms with Crippen molar-refractivity contribution < 1.29 is 19.4 Å². The molecule has 1 atom stereocenters. The van der Waals surface area contributed by atoms with Crippen LogP contribution in [0.15, 0.2) is 71.6 Å². The van der Waals surface area contributed by atoms with Crippen LogP contribution in [-0.2, 0) is 4.79 Å². The first-order valence-corrected chi connectivity index (χ1v) is 11.7. The van der Waals surface area contributed by atoms with E-state index in [1.165, 1.54) is 17.5 Å². The number of rotatable bonds is 8.